The zero-order valence-corrected chi connectivity index (χ0v) is 12.9. The second-order valence-corrected chi connectivity index (χ2v) is 5.92. The molecule has 3 rings (SSSR count). The van der Waals surface area contributed by atoms with E-state index in [2.05, 4.69) is 26.0 Å². The van der Waals surface area contributed by atoms with Crippen LogP contribution in [-0.4, -0.2) is 27.2 Å². The van der Waals surface area contributed by atoms with Crippen LogP contribution in [0, 0.1) is 0 Å². The molecule has 0 saturated carbocycles. The summed E-state index contributed by atoms with van der Waals surface area (Å²) >= 11 is 1.58. The van der Waals surface area contributed by atoms with Gasteiger partial charge in [-0.05, 0) is 32.5 Å². The van der Waals surface area contributed by atoms with E-state index in [0.717, 1.165) is 27.8 Å². The summed E-state index contributed by atoms with van der Waals surface area (Å²) in [5.41, 5.74) is 7.83. The van der Waals surface area contributed by atoms with Gasteiger partial charge in [0.2, 0.25) is 4.96 Å². The van der Waals surface area contributed by atoms with E-state index in [1.54, 1.807) is 11.3 Å². The fraction of sp³-hybridized carbons (Fsp3) is 0.333. The van der Waals surface area contributed by atoms with Crippen molar-refractivity contribution in [3.05, 3.63) is 35.5 Å². The molecule has 110 valence electrons. The van der Waals surface area contributed by atoms with Crippen LogP contribution in [-0.2, 0) is 6.42 Å². The Kier molecular flexibility index (Phi) is 3.90. The molecule has 0 unspecified atom stereocenters. The summed E-state index contributed by atoms with van der Waals surface area (Å²) in [4.78, 5) is 0.892. The quantitative estimate of drug-likeness (QED) is 0.787. The number of fused-ring (bicyclic) bond motifs is 1. The molecule has 2 aromatic heterocycles. The minimum Gasteiger partial charge on any atom is -0.491 e. The molecule has 0 saturated heterocycles. The SMILES string of the molecule is CC(C)Oc1cccc(-c2csc3nnc(CCN)n23)c1. The second kappa shape index (κ2) is 5.83. The van der Waals surface area contributed by atoms with Gasteiger partial charge in [-0.25, -0.2) is 0 Å². The Labute approximate surface area is 127 Å². The molecule has 0 amide bonds. The smallest absolute Gasteiger partial charge is 0.216 e. The van der Waals surface area contributed by atoms with Gasteiger partial charge in [0.25, 0.3) is 0 Å². The van der Waals surface area contributed by atoms with Gasteiger partial charge in [0.05, 0.1) is 11.8 Å². The van der Waals surface area contributed by atoms with Gasteiger partial charge in [-0.15, -0.1) is 21.5 Å². The van der Waals surface area contributed by atoms with E-state index < -0.39 is 0 Å². The predicted octanol–water partition coefficient (Wildman–Crippen LogP) is 2.75. The Balaban J connectivity index is 2.05. The van der Waals surface area contributed by atoms with Crippen molar-refractivity contribution in [1.82, 2.24) is 14.6 Å². The minimum absolute atomic E-state index is 0.158. The number of ether oxygens (including phenoxy) is 1. The fourth-order valence-corrected chi connectivity index (χ4v) is 3.12. The monoisotopic (exact) mass is 302 g/mol. The molecule has 3 aromatic rings. The van der Waals surface area contributed by atoms with Crippen molar-refractivity contribution in [3.8, 4) is 17.0 Å². The Morgan fingerprint density at radius 2 is 2.19 bits per heavy atom. The van der Waals surface area contributed by atoms with Gasteiger partial charge in [-0.2, -0.15) is 0 Å². The highest BCUT2D eigenvalue weighted by Crippen LogP contribution is 2.29. The van der Waals surface area contributed by atoms with Crippen molar-refractivity contribution in [2.45, 2.75) is 26.4 Å². The van der Waals surface area contributed by atoms with Gasteiger partial charge >= 0.3 is 0 Å². The Morgan fingerprint density at radius 3 is 2.95 bits per heavy atom. The summed E-state index contributed by atoms with van der Waals surface area (Å²) in [6.07, 6.45) is 0.873. The molecule has 6 heteroatoms. The van der Waals surface area contributed by atoms with Gasteiger partial charge in [-0.3, -0.25) is 4.40 Å². The third-order valence-corrected chi connectivity index (χ3v) is 3.90. The van der Waals surface area contributed by atoms with E-state index in [1.807, 2.05) is 32.0 Å². The van der Waals surface area contributed by atoms with Crippen molar-refractivity contribution in [3.63, 3.8) is 0 Å². The molecule has 0 aliphatic carbocycles. The molecule has 2 N–H and O–H groups in total. The number of benzene rings is 1. The molecule has 0 aliphatic rings. The maximum atomic E-state index is 5.77. The van der Waals surface area contributed by atoms with Crippen LogP contribution < -0.4 is 10.5 Å². The first-order valence-electron chi connectivity index (χ1n) is 6.97. The molecular formula is C15H18N4OS. The number of nitrogens with two attached hydrogens (primary N) is 1. The highest BCUT2D eigenvalue weighted by molar-refractivity contribution is 7.15. The predicted molar refractivity (Wildman–Crippen MR) is 84.8 cm³/mol. The van der Waals surface area contributed by atoms with Crippen LogP contribution in [0.3, 0.4) is 0 Å². The third-order valence-electron chi connectivity index (χ3n) is 3.09. The molecule has 0 fully saturated rings. The number of rotatable bonds is 5. The molecule has 2 heterocycles. The van der Waals surface area contributed by atoms with Gasteiger partial charge < -0.3 is 10.5 Å². The highest BCUT2D eigenvalue weighted by atomic mass is 32.1. The zero-order valence-electron chi connectivity index (χ0n) is 12.1. The molecule has 5 nitrogen and oxygen atoms in total. The number of thiazole rings is 1. The Bertz CT molecular complexity index is 747. The molecule has 0 atom stereocenters. The van der Waals surface area contributed by atoms with Crippen LogP contribution in [0.2, 0.25) is 0 Å². The van der Waals surface area contributed by atoms with Crippen molar-refractivity contribution < 1.29 is 4.74 Å². The van der Waals surface area contributed by atoms with Gasteiger partial charge in [-0.1, -0.05) is 12.1 Å². The fourth-order valence-electron chi connectivity index (χ4n) is 2.27. The molecule has 0 spiro atoms. The molecule has 0 aliphatic heterocycles. The third kappa shape index (κ3) is 2.77. The standard InChI is InChI=1S/C15H18N4OS/c1-10(2)20-12-5-3-4-11(8-12)13-9-21-15-18-17-14(6-7-16)19(13)15/h3-5,8-10H,6-7,16H2,1-2H3. The van der Waals surface area contributed by atoms with Crippen LogP contribution in [0.1, 0.15) is 19.7 Å². The summed E-state index contributed by atoms with van der Waals surface area (Å²) in [5.74, 6) is 1.77. The zero-order chi connectivity index (χ0) is 14.8. The van der Waals surface area contributed by atoms with Gasteiger partial charge in [0, 0.05) is 17.4 Å². The lowest BCUT2D eigenvalue weighted by molar-refractivity contribution is 0.242. The average Bonchev–Trinajstić information content (AvgIpc) is 3.02. The summed E-state index contributed by atoms with van der Waals surface area (Å²) in [6, 6.07) is 8.10. The summed E-state index contributed by atoms with van der Waals surface area (Å²) in [7, 11) is 0. The van der Waals surface area contributed by atoms with Gasteiger partial charge in [0.1, 0.15) is 11.6 Å². The number of hydrogen-bond donors (Lipinski definition) is 1. The van der Waals surface area contributed by atoms with E-state index in [-0.39, 0.29) is 6.10 Å². The van der Waals surface area contributed by atoms with Crippen molar-refractivity contribution >= 4 is 16.3 Å². The lowest BCUT2D eigenvalue weighted by Gasteiger charge is -2.11. The number of nitrogens with zero attached hydrogens (tertiary/aromatic N) is 3. The Hall–Kier alpha value is -1.92. The molecule has 21 heavy (non-hydrogen) atoms. The molecule has 1 aromatic carbocycles. The van der Waals surface area contributed by atoms with Gasteiger partial charge in [0.15, 0.2) is 0 Å². The number of hydrogen-bond acceptors (Lipinski definition) is 5. The highest BCUT2D eigenvalue weighted by Gasteiger charge is 2.13. The minimum atomic E-state index is 0.158. The topological polar surface area (TPSA) is 65.4 Å². The van der Waals surface area contributed by atoms with Crippen LogP contribution in [0.25, 0.3) is 16.2 Å². The summed E-state index contributed by atoms with van der Waals surface area (Å²) in [6.45, 7) is 4.61. The summed E-state index contributed by atoms with van der Waals surface area (Å²) in [5, 5.41) is 10.5. The second-order valence-electron chi connectivity index (χ2n) is 5.09. The van der Waals surface area contributed by atoms with E-state index in [0.29, 0.717) is 13.0 Å². The number of aromatic nitrogens is 3. The Morgan fingerprint density at radius 1 is 1.33 bits per heavy atom. The first-order chi connectivity index (χ1) is 10.2. The lowest BCUT2D eigenvalue weighted by atomic mass is 10.1. The molecule has 0 bridgehead atoms. The van der Waals surface area contributed by atoms with Crippen LogP contribution in [0.4, 0.5) is 0 Å². The lowest BCUT2D eigenvalue weighted by Crippen LogP contribution is -2.07. The maximum Gasteiger partial charge on any atom is 0.216 e. The van der Waals surface area contributed by atoms with Crippen molar-refractivity contribution in [2.75, 3.05) is 6.54 Å². The van der Waals surface area contributed by atoms with E-state index in [9.17, 15) is 0 Å². The summed E-state index contributed by atoms with van der Waals surface area (Å²) < 4.78 is 7.84. The molecule has 0 radical (unpaired) electrons. The average molecular weight is 302 g/mol. The maximum absolute atomic E-state index is 5.77. The largest absolute Gasteiger partial charge is 0.491 e. The molecular weight excluding hydrogens is 284 g/mol. The van der Waals surface area contributed by atoms with E-state index in [1.165, 1.54) is 0 Å². The van der Waals surface area contributed by atoms with Crippen LogP contribution in [0.15, 0.2) is 29.6 Å². The van der Waals surface area contributed by atoms with Crippen molar-refractivity contribution in [2.24, 2.45) is 5.73 Å². The van der Waals surface area contributed by atoms with E-state index >= 15 is 0 Å². The van der Waals surface area contributed by atoms with Crippen LogP contribution in [0.5, 0.6) is 5.75 Å². The van der Waals surface area contributed by atoms with Crippen molar-refractivity contribution in [1.29, 1.82) is 0 Å². The first-order valence-corrected chi connectivity index (χ1v) is 7.85. The van der Waals surface area contributed by atoms with E-state index in [4.69, 9.17) is 10.5 Å². The van der Waals surface area contributed by atoms with Crippen LogP contribution >= 0.6 is 11.3 Å². The first kappa shape index (κ1) is 14.0. The normalized spacial score (nSPS) is 11.4.